The highest BCUT2D eigenvalue weighted by Gasteiger charge is 2.63. The summed E-state index contributed by atoms with van der Waals surface area (Å²) in [4.78, 5) is 32.8. The van der Waals surface area contributed by atoms with Crippen molar-refractivity contribution < 1.29 is 32.2 Å². The van der Waals surface area contributed by atoms with Crippen LogP contribution in [0.5, 0.6) is 17.2 Å². The molecule has 0 radical (unpaired) electrons. The summed E-state index contributed by atoms with van der Waals surface area (Å²) in [6.45, 7) is 0.233. The van der Waals surface area contributed by atoms with Crippen LogP contribution in [0.25, 0.3) is 0 Å². The number of benzene rings is 4. The van der Waals surface area contributed by atoms with E-state index in [4.69, 9.17) is 25.8 Å². The molecule has 12 heteroatoms. The second kappa shape index (κ2) is 12.2. The molecule has 10 nitrogen and oxygen atoms in total. The highest BCUT2D eigenvalue weighted by Crippen LogP contribution is 2.56. The lowest BCUT2D eigenvalue weighted by molar-refractivity contribution is -0.141. The Morgan fingerprint density at radius 1 is 0.872 bits per heavy atom. The molecule has 0 bridgehead atoms. The Morgan fingerprint density at radius 2 is 1.57 bits per heavy atom. The van der Waals surface area contributed by atoms with E-state index in [1.807, 2.05) is 24.3 Å². The Morgan fingerprint density at radius 3 is 2.28 bits per heavy atom. The Bertz CT molecular complexity index is 2000. The lowest BCUT2D eigenvalue weighted by Crippen LogP contribution is -2.59. The number of hydrogen-bond donors (Lipinski definition) is 0. The third-order valence-corrected chi connectivity index (χ3v) is 10.8. The van der Waals surface area contributed by atoms with Gasteiger partial charge in [0.1, 0.15) is 28.2 Å². The maximum atomic E-state index is 15.6. The second-order valence-electron chi connectivity index (χ2n) is 11.4. The average Bonchev–Trinajstić information content (AvgIpc) is 3.34. The quantitative estimate of drug-likeness (QED) is 0.256. The highest BCUT2D eigenvalue weighted by molar-refractivity contribution is 7.93. The van der Waals surface area contributed by atoms with Gasteiger partial charge in [0, 0.05) is 42.9 Å². The van der Waals surface area contributed by atoms with Gasteiger partial charge in [-0.2, -0.15) is 0 Å². The van der Waals surface area contributed by atoms with E-state index in [9.17, 15) is 13.2 Å². The second-order valence-corrected chi connectivity index (χ2v) is 13.6. The molecule has 4 aromatic carbocycles. The van der Waals surface area contributed by atoms with Crippen molar-refractivity contribution in [3.63, 3.8) is 0 Å². The summed E-state index contributed by atoms with van der Waals surface area (Å²) in [5.74, 6) is -0.381. The molecule has 47 heavy (non-hydrogen) atoms. The van der Waals surface area contributed by atoms with Crippen molar-refractivity contribution in [1.82, 2.24) is 9.80 Å². The van der Waals surface area contributed by atoms with Crippen LogP contribution in [0.1, 0.15) is 28.3 Å². The molecule has 0 spiro atoms. The van der Waals surface area contributed by atoms with Crippen LogP contribution in [-0.4, -0.2) is 72.0 Å². The van der Waals surface area contributed by atoms with Crippen LogP contribution in [0.2, 0.25) is 5.02 Å². The van der Waals surface area contributed by atoms with E-state index in [1.54, 1.807) is 49.3 Å². The molecule has 244 valence electrons. The fraction of sp³-hybridized carbons (Fsp3) is 0.257. The topological polar surface area (TPSA) is 106 Å². The lowest BCUT2D eigenvalue weighted by atomic mass is 9.77. The van der Waals surface area contributed by atoms with Crippen molar-refractivity contribution >= 4 is 39.1 Å². The summed E-state index contributed by atoms with van der Waals surface area (Å²) >= 11 is 6.65. The van der Waals surface area contributed by atoms with E-state index in [0.717, 1.165) is 15.4 Å². The maximum Gasteiger partial charge on any atom is 0.274 e. The van der Waals surface area contributed by atoms with E-state index in [2.05, 4.69) is 0 Å². The Kier molecular flexibility index (Phi) is 8.41. The largest absolute Gasteiger partial charge is 0.497 e. The molecular weight excluding hydrogens is 642 g/mol. The van der Waals surface area contributed by atoms with Crippen LogP contribution in [-0.2, 0) is 31.6 Å². The molecule has 2 heterocycles. The summed E-state index contributed by atoms with van der Waals surface area (Å²) < 4.78 is 47.0. The number of hydrogen-bond acceptors (Lipinski definition) is 8. The first kappa shape index (κ1) is 32.4. The van der Waals surface area contributed by atoms with Gasteiger partial charge in [-0.05, 0) is 53.9 Å². The van der Waals surface area contributed by atoms with Gasteiger partial charge in [0.2, 0.25) is 5.91 Å². The molecule has 2 aliphatic rings. The molecule has 0 N–H and O–H groups in total. The Balaban J connectivity index is 1.71. The number of halogens is 1. The number of amides is 2. The first-order chi connectivity index (χ1) is 22.5. The fourth-order valence-electron chi connectivity index (χ4n) is 6.75. The summed E-state index contributed by atoms with van der Waals surface area (Å²) in [6.07, 6.45) is 0.493. The molecule has 2 aliphatic heterocycles. The molecule has 4 aromatic rings. The normalized spacial score (nSPS) is 19.1. The number of rotatable bonds is 8. The first-order valence-corrected chi connectivity index (χ1v) is 16.6. The number of sulfonamides is 1. The molecule has 0 saturated carbocycles. The Labute approximate surface area is 279 Å². The molecule has 0 aromatic heterocycles. The maximum absolute atomic E-state index is 15.6. The fourth-order valence-corrected chi connectivity index (χ4v) is 8.52. The molecule has 1 unspecified atom stereocenters. The van der Waals surface area contributed by atoms with Crippen molar-refractivity contribution in [2.45, 2.75) is 22.9 Å². The van der Waals surface area contributed by atoms with Gasteiger partial charge < -0.3 is 19.1 Å². The van der Waals surface area contributed by atoms with Crippen LogP contribution >= 0.6 is 11.6 Å². The average molecular weight is 676 g/mol. The van der Waals surface area contributed by atoms with Gasteiger partial charge in [-0.25, -0.2) is 12.7 Å². The predicted molar refractivity (Wildman–Crippen MR) is 178 cm³/mol. The number of nitrogens with zero attached hydrogens (tertiary/aromatic N) is 3. The standard InChI is InChI=1S/C35H34ClN3O7S/c1-37(2)33(40)32-25-11-7-6-10-22(25)18-19-38(32)35(26-12-8-9-13-29(26)45-4)27-20-23(36)14-16-28(27)39(34(35)41)47(42,43)31-17-15-24(44-3)21-30(31)46-5/h6-17,20-21,32H,18-19H2,1-5H3/t32-,35?/m1/s1. The number of methoxy groups -OCH3 is 3. The number of carbonyl (C=O) groups is 2. The first-order valence-electron chi connectivity index (χ1n) is 14.8. The minimum Gasteiger partial charge on any atom is -0.497 e. The zero-order valence-electron chi connectivity index (χ0n) is 26.6. The van der Waals surface area contributed by atoms with Gasteiger partial charge in [-0.15, -0.1) is 0 Å². The van der Waals surface area contributed by atoms with E-state index >= 15 is 4.79 Å². The number of anilines is 1. The zero-order valence-corrected chi connectivity index (χ0v) is 28.1. The lowest BCUT2D eigenvalue weighted by Gasteiger charge is -2.47. The number of ether oxygens (including phenoxy) is 3. The zero-order chi connectivity index (χ0) is 33.7. The third kappa shape index (κ3) is 4.92. The molecule has 0 fully saturated rings. The van der Waals surface area contributed by atoms with Gasteiger partial charge in [-0.1, -0.05) is 54.1 Å². The minimum atomic E-state index is -4.64. The van der Waals surface area contributed by atoms with Gasteiger partial charge in [-0.3, -0.25) is 14.5 Å². The van der Waals surface area contributed by atoms with Crippen LogP contribution in [0.15, 0.2) is 89.8 Å². The summed E-state index contributed by atoms with van der Waals surface area (Å²) in [6, 6.07) is 22.5. The summed E-state index contributed by atoms with van der Waals surface area (Å²) in [5, 5.41) is 0.282. The number of para-hydroxylation sites is 1. The van der Waals surface area contributed by atoms with Gasteiger partial charge >= 0.3 is 0 Å². The van der Waals surface area contributed by atoms with Crippen LogP contribution < -0.4 is 18.5 Å². The smallest absolute Gasteiger partial charge is 0.274 e. The molecule has 6 rings (SSSR count). The molecule has 0 aliphatic carbocycles. The predicted octanol–water partition coefficient (Wildman–Crippen LogP) is 5.03. The van der Waals surface area contributed by atoms with E-state index in [1.165, 1.54) is 56.6 Å². The minimum absolute atomic E-state index is 0.00461. The number of likely N-dealkylation sites (N-methyl/N-ethyl adjacent to an activating group) is 1. The molecule has 2 amide bonds. The van der Waals surface area contributed by atoms with Gasteiger partial charge in [0.25, 0.3) is 15.9 Å². The van der Waals surface area contributed by atoms with Gasteiger partial charge in [0.15, 0.2) is 5.54 Å². The van der Waals surface area contributed by atoms with Crippen molar-refractivity contribution in [3.05, 3.63) is 112 Å². The Hall–Kier alpha value is -4.58. The third-order valence-electron chi connectivity index (χ3n) is 8.84. The van der Waals surface area contributed by atoms with Crippen molar-refractivity contribution in [1.29, 1.82) is 0 Å². The van der Waals surface area contributed by atoms with Crippen molar-refractivity contribution in [2.75, 3.05) is 46.3 Å². The monoisotopic (exact) mass is 675 g/mol. The molecule has 0 saturated heterocycles. The number of fused-ring (bicyclic) bond motifs is 2. The highest BCUT2D eigenvalue weighted by atomic mass is 35.5. The van der Waals surface area contributed by atoms with Crippen molar-refractivity contribution in [2.24, 2.45) is 0 Å². The number of carbonyl (C=O) groups excluding carboxylic acids is 2. The van der Waals surface area contributed by atoms with Crippen LogP contribution in [0, 0.1) is 0 Å². The van der Waals surface area contributed by atoms with Crippen molar-refractivity contribution in [3.8, 4) is 17.2 Å². The van der Waals surface area contributed by atoms with Gasteiger partial charge in [0.05, 0.1) is 27.0 Å². The summed E-state index contributed by atoms with van der Waals surface area (Å²) in [7, 11) is 2.95. The van der Waals surface area contributed by atoms with E-state index in [0.29, 0.717) is 29.0 Å². The molecular formula is C35H34ClN3O7S. The van der Waals surface area contributed by atoms with Crippen LogP contribution in [0.4, 0.5) is 5.69 Å². The van der Waals surface area contributed by atoms with E-state index < -0.39 is 27.5 Å². The SMILES string of the molecule is COc1ccc(S(=O)(=O)N2C(=O)C(c3ccccc3OC)(N3CCc4ccccc4[C@@H]3C(=O)N(C)C)c3cc(Cl)ccc32)c(OC)c1. The summed E-state index contributed by atoms with van der Waals surface area (Å²) in [5.41, 5.74) is 0.573. The van der Waals surface area contributed by atoms with Crippen LogP contribution in [0.3, 0.4) is 0 Å². The van der Waals surface area contributed by atoms with E-state index in [-0.39, 0.29) is 33.8 Å². The molecule has 2 atom stereocenters.